The molecule has 0 saturated carbocycles. The van der Waals surface area contributed by atoms with Crippen LogP contribution in [-0.2, 0) is 11.3 Å². The molecule has 0 amide bonds. The number of hydrogen-bond donors (Lipinski definition) is 1. The molecule has 4 heteroatoms. The maximum atomic E-state index is 13.9. The Kier molecular flexibility index (Phi) is 4.37. The number of halogens is 2. The lowest BCUT2D eigenvalue weighted by atomic mass is 9.89. The first-order chi connectivity index (χ1) is 8.22. The zero-order chi connectivity index (χ0) is 12.3. The first kappa shape index (κ1) is 12.8. The van der Waals surface area contributed by atoms with Crippen LogP contribution in [0.5, 0.6) is 0 Å². The molecule has 1 N–H and O–H groups in total. The third kappa shape index (κ3) is 2.97. The van der Waals surface area contributed by atoms with Crippen LogP contribution in [0.4, 0.5) is 4.39 Å². The summed E-state index contributed by atoms with van der Waals surface area (Å²) < 4.78 is 18.8. The Labute approximate surface area is 106 Å². The lowest BCUT2D eigenvalue weighted by molar-refractivity contribution is 0.181. The summed E-state index contributed by atoms with van der Waals surface area (Å²) in [6.45, 7) is 2.20. The van der Waals surface area contributed by atoms with Gasteiger partial charge in [0.2, 0.25) is 0 Å². The molecular weight excluding hydrogens is 241 g/mol. The minimum Gasteiger partial charge on any atom is -0.380 e. The van der Waals surface area contributed by atoms with E-state index in [1.54, 1.807) is 6.07 Å². The maximum Gasteiger partial charge on any atom is 0.130 e. The van der Waals surface area contributed by atoms with E-state index >= 15 is 0 Å². The van der Waals surface area contributed by atoms with Gasteiger partial charge in [0, 0.05) is 17.7 Å². The molecule has 0 aromatic heterocycles. The molecule has 1 aromatic rings. The molecule has 1 aliphatic rings. The molecule has 0 atom stereocenters. The summed E-state index contributed by atoms with van der Waals surface area (Å²) in [6.07, 6.45) is 2.08. The summed E-state index contributed by atoms with van der Waals surface area (Å²) in [6, 6.07) is 3.49. The fraction of sp³-hybridized carbons (Fsp3) is 0.538. The SMILES string of the molecule is COCc1c(F)cc(C2CCNCC2)cc1Cl. The van der Waals surface area contributed by atoms with Crippen molar-refractivity contribution in [2.75, 3.05) is 20.2 Å². The molecule has 0 unspecified atom stereocenters. The lowest BCUT2D eigenvalue weighted by Crippen LogP contribution is -2.26. The lowest BCUT2D eigenvalue weighted by Gasteiger charge is -2.23. The molecule has 1 saturated heterocycles. The predicted molar refractivity (Wildman–Crippen MR) is 67.0 cm³/mol. The largest absolute Gasteiger partial charge is 0.380 e. The van der Waals surface area contributed by atoms with Gasteiger partial charge in [0.1, 0.15) is 5.82 Å². The molecule has 2 rings (SSSR count). The van der Waals surface area contributed by atoms with Gasteiger partial charge in [0.05, 0.1) is 6.61 Å². The van der Waals surface area contributed by atoms with Crippen molar-refractivity contribution in [2.24, 2.45) is 0 Å². The number of piperidine rings is 1. The molecule has 94 valence electrons. The molecule has 1 fully saturated rings. The van der Waals surface area contributed by atoms with Gasteiger partial charge in [-0.25, -0.2) is 4.39 Å². The van der Waals surface area contributed by atoms with Crippen LogP contribution in [0.1, 0.15) is 29.9 Å². The van der Waals surface area contributed by atoms with Crippen LogP contribution in [0.3, 0.4) is 0 Å². The van der Waals surface area contributed by atoms with Gasteiger partial charge in [-0.3, -0.25) is 0 Å². The number of methoxy groups -OCH3 is 1. The van der Waals surface area contributed by atoms with Crippen molar-refractivity contribution in [3.63, 3.8) is 0 Å². The number of benzene rings is 1. The zero-order valence-electron chi connectivity index (χ0n) is 9.93. The van der Waals surface area contributed by atoms with Crippen molar-refractivity contribution in [1.82, 2.24) is 5.32 Å². The molecule has 0 aliphatic carbocycles. The maximum absolute atomic E-state index is 13.9. The third-order valence-corrected chi connectivity index (χ3v) is 3.60. The van der Waals surface area contributed by atoms with Crippen LogP contribution < -0.4 is 5.32 Å². The monoisotopic (exact) mass is 257 g/mol. The van der Waals surface area contributed by atoms with Crippen molar-refractivity contribution < 1.29 is 9.13 Å². The summed E-state index contributed by atoms with van der Waals surface area (Å²) >= 11 is 6.10. The number of rotatable bonds is 3. The molecule has 2 nitrogen and oxygen atoms in total. The van der Waals surface area contributed by atoms with Crippen molar-refractivity contribution >= 4 is 11.6 Å². The molecule has 1 aromatic carbocycles. The number of ether oxygens (including phenoxy) is 1. The normalized spacial score (nSPS) is 17.4. The Morgan fingerprint density at radius 3 is 2.71 bits per heavy atom. The van der Waals surface area contributed by atoms with Gasteiger partial charge >= 0.3 is 0 Å². The number of nitrogens with one attached hydrogen (secondary N) is 1. The fourth-order valence-corrected chi connectivity index (χ4v) is 2.57. The molecule has 1 aliphatic heterocycles. The van der Waals surface area contributed by atoms with Gasteiger partial charge < -0.3 is 10.1 Å². The summed E-state index contributed by atoms with van der Waals surface area (Å²) in [5.41, 5.74) is 1.46. The molecule has 0 radical (unpaired) electrons. The van der Waals surface area contributed by atoms with E-state index in [4.69, 9.17) is 16.3 Å². The zero-order valence-corrected chi connectivity index (χ0v) is 10.7. The Balaban J connectivity index is 2.24. The van der Waals surface area contributed by atoms with Crippen molar-refractivity contribution in [1.29, 1.82) is 0 Å². The van der Waals surface area contributed by atoms with Crippen LogP contribution in [-0.4, -0.2) is 20.2 Å². The summed E-state index contributed by atoms with van der Waals surface area (Å²) in [4.78, 5) is 0. The highest BCUT2D eigenvalue weighted by molar-refractivity contribution is 6.31. The molecular formula is C13H17ClFNO. The molecule has 1 heterocycles. The quantitative estimate of drug-likeness (QED) is 0.899. The topological polar surface area (TPSA) is 21.3 Å². The highest BCUT2D eigenvalue weighted by Gasteiger charge is 2.18. The van der Waals surface area contributed by atoms with Crippen molar-refractivity contribution in [3.05, 3.63) is 34.1 Å². The second kappa shape index (κ2) is 5.80. The van der Waals surface area contributed by atoms with E-state index in [9.17, 15) is 4.39 Å². The smallest absolute Gasteiger partial charge is 0.130 e. The van der Waals surface area contributed by atoms with Crippen LogP contribution in [0.2, 0.25) is 5.02 Å². The highest BCUT2D eigenvalue weighted by Crippen LogP contribution is 2.30. The Bertz CT molecular complexity index is 368. The van der Waals surface area contributed by atoms with E-state index < -0.39 is 0 Å². The molecule has 17 heavy (non-hydrogen) atoms. The van der Waals surface area contributed by atoms with Crippen LogP contribution in [0, 0.1) is 5.82 Å². The Morgan fingerprint density at radius 2 is 2.12 bits per heavy atom. The fourth-order valence-electron chi connectivity index (χ4n) is 2.30. The van der Waals surface area contributed by atoms with Gasteiger partial charge in [-0.05, 0) is 49.5 Å². The van der Waals surface area contributed by atoms with Crippen LogP contribution in [0.25, 0.3) is 0 Å². The van der Waals surface area contributed by atoms with Crippen LogP contribution in [0.15, 0.2) is 12.1 Å². The van der Waals surface area contributed by atoms with Gasteiger partial charge in [-0.15, -0.1) is 0 Å². The highest BCUT2D eigenvalue weighted by atomic mass is 35.5. The second-order valence-electron chi connectivity index (χ2n) is 4.42. The van der Waals surface area contributed by atoms with E-state index in [1.165, 1.54) is 7.11 Å². The molecule has 0 bridgehead atoms. The number of hydrogen-bond acceptors (Lipinski definition) is 2. The van der Waals surface area contributed by atoms with E-state index in [-0.39, 0.29) is 12.4 Å². The van der Waals surface area contributed by atoms with E-state index in [0.29, 0.717) is 16.5 Å². The van der Waals surface area contributed by atoms with Crippen molar-refractivity contribution in [3.8, 4) is 0 Å². The summed E-state index contributed by atoms with van der Waals surface area (Å²) in [5, 5.41) is 3.77. The van der Waals surface area contributed by atoms with Gasteiger partial charge in [-0.1, -0.05) is 11.6 Å². The molecule has 0 spiro atoms. The third-order valence-electron chi connectivity index (χ3n) is 3.26. The first-order valence-corrected chi connectivity index (χ1v) is 6.27. The van der Waals surface area contributed by atoms with E-state index in [0.717, 1.165) is 31.5 Å². The Morgan fingerprint density at radius 1 is 1.41 bits per heavy atom. The van der Waals surface area contributed by atoms with E-state index in [2.05, 4.69) is 5.32 Å². The minimum atomic E-state index is -0.257. The van der Waals surface area contributed by atoms with Gasteiger partial charge in [0.25, 0.3) is 0 Å². The van der Waals surface area contributed by atoms with E-state index in [1.807, 2.05) is 6.07 Å². The second-order valence-corrected chi connectivity index (χ2v) is 4.83. The first-order valence-electron chi connectivity index (χ1n) is 5.90. The Hall–Kier alpha value is -0.640. The average Bonchev–Trinajstić information content (AvgIpc) is 2.35. The average molecular weight is 258 g/mol. The van der Waals surface area contributed by atoms with Gasteiger partial charge in [-0.2, -0.15) is 0 Å². The summed E-state index contributed by atoms with van der Waals surface area (Å²) in [7, 11) is 1.54. The van der Waals surface area contributed by atoms with Crippen LogP contribution >= 0.6 is 11.6 Å². The summed E-state index contributed by atoms with van der Waals surface area (Å²) in [5.74, 6) is 0.160. The predicted octanol–water partition coefficient (Wildman–Crippen LogP) is 3.09. The van der Waals surface area contributed by atoms with Gasteiger partial charge in [0.15, 0.2) is 0 Å². The van der Waals surface area contributed by atoms with Crippen molar-refractivity contribution in [2.45, 2.75) is 25.4 Å². The minimum absolute atomic E-state index is 0.219. The standard InChI is InChI=1S/C13H17ClFNO/c1-17-8-11-12(14)6-10(7-13(11)15)9-2-4-16-5-3-9/h6-7,9,16H,2-5,8H2,1H3.